The normalized spacial score (nSPS) is 25.2. The summed E-state index contributed by atoms with van der Waals surface area (Å²) in [6, 6.07) is 9.94. The van der Waals surface area contributed by atoms with Crippen LogP contribution in [0.15, 0.2) is 30.3 Å². The molecule has 4 rings (SSSR count). The Labute approximate surface area is 204 Å². The predicted molar refractivity (Wildman–Crippen MR) is 133 cm³/mol. The monoisotopic (exact) mass is 467 g/mol. The Morgan fingerprint density at radius 3 is 2.41 bits per heavy atom. The fourth-order valence-electron chi connectivity index (χ4n) is 6.10. The molecule has 2 heterocycles. The van der Waals surface area contributed by atoms with Crippen molar-refractivity contribution in [2.75, 3.05) is 33.2 Å². The average Bonchev–Trinajstić information content (AvgIpc) is 3.48. The van der Waals surface area contributed by atoms with Crippen molar-refractivity contribution in [3.8, 4) is 0 Å². The Balaban J connectivity index is 1.47. The second-order valence-corrected chi connectivity index (χ2v) is 10.8. The Morgan fingerprint density at radius 1 is 1.06 bits per heavy atom. The van der Waals surface area contributed by atoms with Gasteiger partial charge in [0.05, 0.1) is 5.41 Å². The molecule has 6 heteroatoms. The third-order valence-corrected chi connectivity index (χ3v) is 8.43. The molecule has 2 atom stereocenters. The van der Waals surface area contributed by atoms with Crippen LogP contribution in [0.25, 0.3) is 0 Å². The summed E-state index contributed by atoms with van der Waals surface area (Å²) in [7, 11) is 1.83. The molecule has 2 aliphatic heterocycles. The zero-order valence-electron chi connectivity index (χ0n) is 21.0. The summed E-state index contributed by atoms with van der Waals surface area (Å²) >= 11 is 0. The number of hydrogen-bond donors (Lipinski definition) is 0. The molecular weight excluding hydrogens is 426 g/mol. The van der Waals surface area contributed by atoms with Gasteiger partial charge < -0.3 is 9.80 Å². The van der Waals surface area contributed by atoms with Gasteiger partial charge in [-0.2, -0.15) is 0 Å². The summed E-state index contributed by atoms with van der Waals surface area (Å²) in [5.74, 6) is 0.0239. The van der Waals surface area contributed by atoms with Gasteiger partial charge in [-0.3, -0.25) is 19.3 Å². The lowest BCUT2D eigenvalue weighted by atomic mass is 9.75. The lowest BCUT2D eigenvalue weighted by Crippen LogP contribution is -2.44. The van der Waals surface area contributed by atoms with E-state index in [4.69, 9.17) is 0 Å². The molecular formula is C28H41N3O3. The molecule has 0 bridgehead atoms. The molecule has 1 aliphatic carbocycles. The summed E-state index contributed by atoms with van der Waals surface area (Å²) < 4.78 is 0. The van der Waals surface area contributed by atoms with Crippen molar-refractivity contribution in [3.63, 3.8) is 0 Å². The molecule has 34 heavy (non-hydrogen) atoms. The minimum absolute atomic E-state index is 0.0529. The topological polar surface area (TPSA) is 60.9 Å². The molecule has 0 unspecified atom stereocenters. The van der Waals surface area contributed by atoms with Crippen LogP contribution < -0.4 is 0 Å². The fourth-order valence-corrected chi connectivity index (χ4v) is 6.10. The Morgan fingerprint density at radius 2 is 1.74 bits per heavy atom. The highest BCUT2D eigenvalue weighted by Crippen LogP contribution is 2.41. The molecule has 3 aliphatic rings. The zero-order chi connectivity index (χ0) is 24.1. The Kier molecular flexibility index (Phi) is 8.07. The number of nitrogens with zero attached hydrogens (tertiary/aromatic N) is 3. The number of carbonyl (C=O) groups excluding carboxylic acids is 3. The first kappa shape index (κ1) is 24.9. The van der Waals surface area contributed by atoms with Gasteiger partial charge in [0.1, 0.15) is 0 Å². The predicted octanol–water partition coefficient (Wildman–Crippen LogP) is 3.99. The van der Waals surface area contributed by atoms with E-state index in [-0.39, 0.29) is 30.6 Å². The second kappa shape index (κ2) is 11.0. The minimum atomic E-state index is -1.08. The minimum Gasteiger partial charge on any atom is -0.346 e. The van der Waals surface area contributed by atoms with Gasteiger partial charge in [-0.15, -0.1) is 0 Å². The van der Waals surface area contributed by atoms with E-state index in [0.29, 0.717) is 25.0 Å². The number of rotatable bonds is 9. The van der Waals surface area contributed by atoms with E-state index in [0.717, 1.165) is 37.9 Å². The van der Waals surface area contributed by atoms with Gasteiger partial charge in [0.2, 0.25) is 17.7 Å². The highest BCUT2D eigenvalue weighted by Gasteiger charge is 2.54. The van der Waals surface area contributed by atoms with Crippen molar-refractivity contribution in [3.05, 3.63) is 35.9 Å². The van der Waals surface area contributed by atoms with Crippen molar-refractivity contribution in [2.45, 2.75) is 82.6 Å². The maximum atomic E-state index is 13.8. The van der Waals surface area contributed by atoms with E-state index in [1.165, 1.54) is 37.0 Å². The number of likely N-dealkylation sites (tertiary alicyclic amines) is 2. The first-order chi connectivity index (χ1) is 16.4. The first-order valence-electron chi connectivity index (χ1n) is 13.3. The van der Waals surface area contributed by atoms with E-state index >= 15 is 0 Å². The molecule has 186 valence electrons. The zero-order valence-corrected chi connectivity index (χ0v) is 21.0. The molecule has 0 spiro atoms. The van der Waals surface area contributed by atoms with Crippen LogP contribution in [0.5, 0.6) is 0 Å². The van der Waals surface area contributed by atoms with E-state index in [1.54, 1.807) is 4.90 Å². The summed E-state index contributed by atoms with van der Waals surface area (Å²) in [6.07, 6.45) is 9.30. The third-order valence-electron chi connectivity index (χ3n) is 8.43. The number of amides is 3. The number of carbonyl (C=O) groups is 3. The first-order valence-corrected chi connectivity index (χ1v) is 13.3. The van der Waals surface area contributed by atoms with Gasteiger partial charge in [-0.25, -0.2) is 0 Å². The van der Waals surface area contributed by atoms with Crippen LogP contribution in [0.2, 0.25) is 0 Å². The van der Waals surface area contributed by atoms with Crippen LogP contribution in [0.4, 0.5) is 0 Å². The van der Waals surface area contributed by atoms with Gasteiger partial charge in [0, 0.05) is 39.0 Å². The number of benzene rings is 1. The van der Waals surface area contributed by atoms with Crippen molar-refractivity contribution in [2.24, 2.45) is 5.92 Å². The standard InChI is InChI=1S/C28H41N3O3/c1-22(30-16-9-10-17-30)15-18-29(2)25(32)19-28(24-13-7-4-8-14-24)20-26(33)31(27(28)34)21-23-11-5-3-6-12-23/h4,7-8,13-14,22-23H,3,5-6,9-12,15-21H2,1-2H3/t22-,28-/m0/s1. The molecule has 6 nitrogen and oxygen atoms in total. The molecule has 0 N–H and O–H groups in total. The average molecular weight is 468 g/mol. The van der Waals surface area contributed by atoms with Crippen LogP contribution in [0.1, 0.15) is 76.7 Å². The number of imide groups is 1. The molecule has 3 fully saturated rings. The van der Waals surface area contributed by atoms with Crippen molar-refractivity contribution >= 4 is 17.7 Å². The van der Waals surface area contributed by atoms with Crippen molar-refractivity contribution < 1.29 is 14.4 Å². The molecule has 3 amide bonds. The lowest BCUT2D eigenvalue weighted by Gasteiger charge is -2.31. The molecule has 0 aromatic heterocycles. The van der Waals surface area contributed by atoms with Gasteiger partial charge >= 0.3 is 0 Å². The van der Waals surface area contributed by atoms with Gasteiger partial charge in [0.15, 0.2) is 0 Å². The Hall–Kier alpha value is -2.21. The quantitative estimate of drug-likeness (QED) is 0.516. The smallest absolute Gasteiger partial charge is 0.240 e. The fraction of sp³-hybridized carbons (Fsp3) is 0.679. The largest absolute Gasteiger partial charge is 0.346 e. The maximum absolute atomic E-state index is 13.8. The summed E-state index contributed by atoms with van der Waals surface area (Å²) in [6.45, 7) is 5.68. The molecule has 0 radical (unpaired) electrons. The van der Waals surface area contributed by atoms with E-state index in [2.05, 4.69) is 11.8 Å². The van der Waals surface area contributed by atoms with Crippen molar-refractivity contribution in [1.82, 2.24) is 14.7 Å². The van der Waals surface area contributed by atoms with Crippen LogP contribution in [0, 0.1) is 5.92 Å². The van der Waals surface area contributed by atoms with E-state index in [9.17, 15) is 14.4 Å². The van der Waals surface area contributed by atoms with Gasteiger partial charge in [-0.05, 0) is 63.6 Å². The summed E-state index contributed by atoms with van der Waals surface area (Å²) in [4.78, 5) is 46.1. The molecule has 1 saturated carbocycles. The van der Waals surface area contributed by atoms with Crippen LogP contribution in [-0.2, 0) is 19.8 Å². The van der Waals surface area contributed by atoms with Gasteiger partial charge in [-0.1, -0.05) is 49.6 Å². The Bertz CT molecular complexity index is 861. The highest BCUT2D eigenvalue weighted by atomic mass is 16.2. The SMILES string of the molecule is C[C@@H](CCN(C)C(=O)C[C@@]1(c2ccccc2)CC(=O)N(CC2CCCCC2)C1=O)N1CCCC1. The second-order valence-electron chi connectivity index (χ2n) is 10.8. The van der Waals surface area contributed by atoms with Crippen LogP contribution >= 0.6 is 0 Å². The maximum Gasteiger partial charge on any atom is 0.240 e. The lowest BCUT2D eigenvalue weighted by molar-refractivity contribution is -0.143. The highest BCUT2D eigenvalue weighted by molar-refractivity contribution is 6.10. The third kappa shape index (κ3) is 5.37. The molecule has 1 aromatic carbocycles. The number of hydrogen-bond acceptors (Lipinski definition) is 4. The van der Waals surface area contributed by atoms with Crippen LogP contribution in [-0.4, -0.2) is 71.7 Å². The van der Waals surface area contributed by atoms with E-state index in [1.807, 2.05) is 37.4 Å². The molecule has 2 saturated heterocycles. The molecule has 1 aromatic rings. The summed E-state index contributed by atoms with van der Waals surface area (Å²) in [5, 5.41) is 0. The van der Waals surface area contributed by atoms with E-state index < -0.39 is 5.41 Å². The van der Waals surface area contributed by atoms with Crippen LogP contribution in [0.3, 0.4) is 0 Å². The van der Waals surface area contributed by atoms with Gasteiger partial charge in [0.25, 0.3) is 0 Å². The summed E-state index contributed by atoms with van der Waals surface area (Å²) in [5.41, 5.74) is -0.300. The van der Waals surface area contributed by atoms with Crippen molar-refractivity contribution in [1.29, 1.82) is 0 Å².